The highest BCUT2D eigenvalue weighted by atomic mass is 79.9. The average molecular weight is 325 g/mol. The van der Waals surface area contributed by atoms with Crippen LogP contribution in [0.4, 0.5) is 0 Å². The van der Waals surface area contributed by atoms with Gasteiger partial charge in [-0.25, -0.2) is 0 Å². The molecule has 1 N–H and O–H groups in total. The van der Waals surface area contributed by atoms with Crippen molar-refractivity contribution in [2.24, 2.45) is 11.8 Å². The maximum Gasteiger partial charge on any atom is 0.0608 e. The zero-order valence-electron chi connectivity index (χ0n) is 11.8. The van der Waals surface area contributed by atoms with Crippen LogP contribution in [0.25, 0.3) is 0 Å². The molecule has 0 spiro atoms. The third-order valence-electron chi connectivity index (χ3n) is 4.47. The van der Waals surface area contributed by atoms with E-state index in [0.717, 1.165) is 16.8 Å². The van der Waals surface area contributed by atoms with E-state index < -0.39 is 0 Å². The van der Waals surface area contributed by atoms with E-state index in [1.54, 1.807) is 0 Å². The Hall–Kier alpha value is -0.340. The van der Waals surface area contributed by atoms with Gasteiger partial charge in [0.05, 0.1) is 6.10 Å². The van der Waals surface area contributed by atoms with Crippen molar-refractivity contribution in [3.8, 4) is 0 Å². The van der Waals surface area contributed by atoms with Gasteiger partial charge in [-0.15, -0.1) is 0 Å². The Morgan fingerprint density at radius 3 is 2.63 bits per heavy atom. The van der Waals surface area contributed by atoms with Gasteiger partial charge < -0.3 is 5.11 Å². The Morgan fingerprint density at radius 2 is 2.00 bits per heavy atom. The van der Waals surface area contributed by atoms with Crippen LogP contribution in [0, 0.1) is 11.8 Å². The molecular weight excluding hydrogens is 300 g/mol. The summed E-state index contributed by atoms with van der Waals surface area (Å²) in [6.07, 6.45) is 8.34. The number of aliphatic hydroxyl groups is 1. The molecule has 1 aromatic rings. The maximum atomic E-state index is 10.4. The number of rotatable bonds is 5. The third kappa shape index (κ3) is 4.61. The van der Waals surface area contributed by atoms with E-state index >= 15 is 0 Å². The van der Waals surface area contributed by atoms with Crippen LogP contribution >= 0.6 is 15.9 Å². The Labute approximate surface area is 125 Å². The van der Waals surface area contributed by atoms with E-state index in [1.807, 2.05) is 12.1 Å². The first-order valence-corrected chi connectivity index (χ1v) is 8.41. The molecule has 1 unspecified atom stereocenters. The van der Waals surface area contributed by atoms with Gasteiger partial charge in [0.1, 0.15) is 0 Å². The average Bonchev–Trinajstić information content (AvgIpc) is 2.40. The van der Waals surface area contributed by atoms with Gasteiger partial charge in [0.15, 0.2) is 0 Å². The van der Waals surface area contributed by atoms with Gasteiger partial charge in [0.25, 0.3) is 0 Å². The molecule has 0 aromatic heterocycles. The number of aliphatic hydroxyl groups excluding tert-OH is 1. The van der Waals surface area contributed by atoms with Crippen LogP contribution < -0.4 is 0 Å². The molecule has 1 fully saturated rings. The van der Waals surface area contributed by atoms with Crippen LogP contribution in [0.2, 0.25) is 0 Å². The van der Waals surface area contributed by atoms with Crippen molar-refractivity contribution in [3.05, 3.63) is 34.3 Å². The number of hydrogen-bond acceptors (Lipinski definition) is 1. The molecule has 19 heavy (non-hydrogen) atoms. The molecule has 1 aliphatic carbocycles. The van der Waals surface area contributed by atoms with Crippen LogP contribution in [-0.4, -0.2) is 11.2 Å². The summed E-state index contributed by atoms with van der Waals surface area (Å²) in [5.41, 5.74) is 1.23. The fraction of sp³-hybridized carbons (Fsp3) is 0.647. The summed E-state index contributed by atoms with van der Waals surface area (Å²) in [5.74, 6) is 1.42. The predicted octanol–water partition coefficient (Wildman–Crippen LogP) is 4.96. The summed E-state index contributed by atoms with van der Waals surface area (Å²) >= 11 is 3.49. The Kier molecular flexibility index (Phi) is 5.90. The van der Waals surface area contributed by atoms with E-state index in [9.17, 15) is 5.11 Å². The molecule has 0 saturated heterocycles. The molecule has 0 amide bonds. The van der Waals surface area contributed by atoms with Crippen molar-refractivity contribution in [1.82, 2.24) is 0 Å². The van der Waals surface area contributed by atoms with Crippen molar-refractivity contribution in [3.63, 3.8) is 0 Å². The van der Waals surface area contributed by atoms with E-state index in [1.165, 1.54) is 44.1 Å². The lowest BCUT2D eigenvalue weighted by Gasteiger charge is -2.31. The molecule has 2 rings (SSSR count). The van der Waals surface area contributed by atoms with Gasteiger partial charge in [0.2, 0.25) is 0 Å². The van der Waals surface area contributed by atoms with Crippen molar-refractivity contribution in [1.29, 1.82) is 0 Å². The van der Waals surface area contributed by atoms with E-state index in [4.69, 9.17) is 0 Å². The topological polar surface area (TPSA) is 20.2 Å². The molecule has 1 nitrogen and oxygen atoms in total. The second-order valence-electron chi connectivity index (χ2n) is 5.97. The highest BCUT2D eigenvalue weighted by Crippen LogP contribution is 2.34. The smallest absolute Gasteiger partial charge is 0.0608 e. The monoisotopic (exact) mass is 324 g/mol. The molecule has 1 saturated carbocycles. The number of hydrogen-bond donors (Lipinski definition) is 1. The second-order valence-corrected chi connectivity index (χ2v) is 6.89. The predicted molar refractivity (Wildman–Crippen MR) is 84.2 cm³/mol. The van der Waals surface area contributed by atoms with E-state index in [2.05, 4.69) is 35.0 Å². The first-order valence-electron chi connectivity index (χ1n) is 7.61. The third-order valence-corrected chi connectivity index (χ3v) is 4.96. The van der Waals surface area contributed by atoms with Gasteiger partial charge >= 0.3 is 0 Å². The SMILES string of the molecule is CCCC1CCC(C(O)Cc2cccc(Br)c2)CC1. The van der Waals surface area contributed by atoms with Gasteiger partial charge in [-0.05, 0) is 48.8 Å². The zero-order valence-corrected chi connectivity index (χ0v) is 13.4. The first-order chi connectivity index (χ1) is 9.19. The minimum atomic E-state index is -0.170. The Bertz CT molecular complexity index is 383. The van der Waals surface area contributed by atoms with Crippen molar-refractivity contribution < 1.29 is 5.11 Å². The van der Waals surface area contributed by atoms with E-state index in [0.29, 0.717) is 5.92 Å². The molecule has 0 aliphatic heterocycles. The molecule has 0 bridgehead atoms. The molecule has 0 radical (unpaired) electrons. The zero-order chi connectivity index (χ0) is 13.7. The van der Waals surface area contributed by atoms with Crippen LogP contribution in [0.3, 0.4) is 0 Å². The number of halogens is 1. The first kappa shape index (κ1) is 15.1. The lowest BCUT2D eigenvalue weighted by molar-refractivity contribution is 0.0728. The van der Waals surface area contributed by atoms with Crippen LogP contribution in [-0.2, 0) is 6.42 Å². The fourth-order valence-electron chi connectivity index (χ4n) is 3.34. The summed E-state index contributed by atoms with van der Waals surface area (Å²) in [5, 5.41) is 10.4. The minimum absolute atomic E-state index is 0.170. The highest BCUT2D eigenvalue weighted by molar-refractivity contribution is 9.10. The van der Waals surface area contributed by atoms with Gasteiger partial charge in [0, 0.05) is 4.47 Å². The van der Waals surface area contributed by atoms with Crippen molar-refractivity contribution >= 4 is 15.9 Å². The second kappa shape index (κ2) is 7.44. The highest BCUT2D eigenvalue weighted by Gasteiger charge is 2.26. The summed E-state index contributed by atoms with van der Waals surface area (Å²) in [4.78, 5) is 0. The van der Waals surface area contributed by atoms with Gasteiger partial charge in [-0.3, -0.25) is 0 Å². The number of benzene rings is 1. The van der Waals surface area contributed by atoms with E-state index in [-0.39, 0.29) is 6.10 Å². The van der Waals surface area contributed by atoms with Crippen molar-refractivity contribution in [2.45, 2.75) is 58.0 Å². The standard InChI is InChI=1S/C17H25BrO/c1-2-4-13-7-9-15(10-8-13)17(19)12-14-5-3-6-16(18)11-14/h3,5-6,11,13,15,17,19H,2,4,7-10,12H2,1H3. The molecule has 0 heterocycles. The fourth-order valence-corrected chi connectivity index (χ4v) is 3.79. The summed E-state index contributed by atoms with van der Waals surface area (Å²) < 4.78 is 1.10. The molecule has 2 heteroatoms. The largest absolute Gasteiger partial charge is 0.392 e. The molecule has 1 aliphatic rings. The van der Waals surface area contributed by atoms with Crippen LogP contribution in [0.15, 0.2) is 28.7 Å². The Balaban J connectivity index is 1.82. The molecule has 106 valence electrons. The van der Waals surface area contributed by atoms with Gasteiger partial charge in [-0.1, -0.05) is 60.7 Å². The van der Waals surface area contributed by atoms with Gasteiger partial charge in [-0.2, -0.15) is 0 Å². The maximum absolute atomic E-state index is 10.4. The summed E-state index contributed by atoms with van der Waals surface area (Å²) in [6, 6.07) is 8.30. The summed E-state index contributed by atoms with van der Waals surface area (Å²) in [6.45, 7) is 2.27. The Morgan fingerprint density at radius 1 is 1.26 bits per heavy atom. The lowest BCUT2D eigenvalue weighted by Crippen LogP contribution is -2.27. The molecule has 1 aromatic carbocycles. The summed E-state index contributed by atoms with van der Waals surface area (Å²) in [7, 11) is 0. The van der Waals surface area contributed by atoms with Crippen LogP contribution in [0.1, 0.15) is 51.0 Å². The quantitative estimate of drug-likeness (QED) is 0.811. The van der Waals surface area contributed by atoms with Crippen LogP contribution in [0.5, 0.6) is 0 Å². The molecule has 1 atom stereocenters. The normalized spacial score (nSPS) is 25.2. The lowest BCUT2D eigenvalue weighted by atomic mass is 9.77. The minimum Gasteiger partial charge on any atom is -0.392 e. The molecular formula is C17H25BrO. The van der Waals surface area contributed by atoms with Crippen molar-refractivity contribution in [2.75, 3.05) is 0 Å².